The third-order valence-corrected chi connectivity index (χ3v) is 6.51. The Morgan fingerprint density at radius 1 is 0.971 bits per heavy atom. The number of para-hydroxylation sites is 1. The average molecular weight is 473 g/mol. The number of nitrogens with zero attached hydrogens (tertiary/aromatic N) is 1. The summed E-state index contributed by atoms with van der Waals surface area (Å²) in [7, 11) is 0. The van der Waals surface area contributed by atoms with E-state index in [1.165, 1.54) is 6.08 Å². The second-order valence-corrected chi connectivity index (χ2v) is 8.99. The maximum Gasteiger partial charge on any atom is 0.344 e. The first-order chi connectivity index (χ1) is 17.0. The van der Waals surface area contributed by atoms with Crippen LogP contribution < -0.4 is 10.7 Å². The fraction of sp³-hybridized carbons (Fsp3) is 0.321. The van der Waals surface area contributed by atoms with Crippen molar-refractivity contribution >= 4 is 34.8 Å². The van der Waals surface area contributed by atoms with E-state index in [2.05, 4.69) is 15.7 Å². The monoisotopic (exact) mass is 472 g/mol. The van der Waals surface area contributed by atoms with Gasteiger partial charge in [-0.05, 0) is 30.5 Å². The van der Waals surface area contributed by atoms with E-state index in [1.807, 2.05) is 68.4 Å². The van der Waals surface area contributed by atoms with Crippen LogP contribution in [-0.4, -0.2) is 33.4 Å². The summed E-state index contributed by atoms with van der Waals surface area (Å²) in [6.45, 7) is 4.10. The molecule has 0 atom stereocenters. The zero-order valence-corrected chi connectivity index (χ0v) is 20.3. The Bertz CT molecular complexity index is 1240. The predicted octanol–water partition coefficient (Wildman–Crippen LogP) is 5.55. The quantitative estimate of drug-likeness (QED) is 0.267. The second-order valence-electron chi connectivity index (χ2n) is 8.99. The number of rotatable bonds is 10. The fourth-order valence-corrected chi connectivity index (χ4v) is 4.62. The van der Waals surface area contributed by atoms with Gasteiger partial charge in [0.25, 0.3) is 11.8 Å². The van der Waals surface area contributed by atoms with Gasteiger partial charge in [-0.1, -0.05) is 88.1 Å². The van der Waals surface area contributed by atoms with Crippen LogP contribution >= 0.6 is 0 Å². The number of aromatic nitrogens is 1. The fourth-order valence-electron chi connectivity index (χ4n) is 4.62. The minimum Gasteiger partial charge on any atom is -0.354 e. The number of carbonyl (C=O) groups excluding carboxylic acids is 3. The molecule has 0 spiro atoms. The highest BCUT2D eigenvalue weighted by atomic mass is 16.2. The molecule has 7 heteroatoms. The molecule has 1 saturated heterocycles. The molecule has 1 aromatic heterocycles. The van der Waals surface area contributed by atoms with Crippen molar-refractivity contribution in [3.63, 3.8) is 0 Å². The van der Waals surface area contributed by atoms with Crippen LogP contribution in [0.5, 0.6) is 0 Å². The van der Waals surface area contributed by atoms with Gasteiger partial charge < -0.3 is 10.3 Å². The molecule has 2 aromatic carbocycles. The molecule has 0 unspecified atom stereocenters. The predicted molar refractivity (Wildman–Crippen MR) is 138 cm³/mol. The Balaban J connectivity index is 1.56. The molecule has 0 aliphatic carbocycles. The number of nitrogens with one attached hydrogen (secondary N) is 3. The number of fused-ring (bicyclic) bond motifs is 1. The Labute approximate surface area is 205 Å². The molecule has 4 rings (SSSR count). The lowest BCUT2D eigenvalue weighted by atomic mass is 9.87. The minimum atomic E-state index is -0.947. The number of unbranched alkanes of at least 4 members (excludes halogenated alkanes) is 2. The van der Waals surface area contributed by atoms with Gasteiger partial charge in [-0.2, -0.15) is 5.01 Å². The van der Waals surface area contributed by atoms with Gasteiger partial charge in [0.15, 0.2) is 0 Å². The highest BCUT2D eigenvalue weighted by Gasteiger charge is 2.50. The van der Waals surface area contributed by atoms with Gasteiger partial charge in [0.2, 0.25) is 0 Å². The van der Waals surface area contributed by atoms with Gasteiger partial charge in [-0.25, -0.2) is 4.79 Å². The third-order valence-electron chi connectivity index (χ3n) is 6.51. The van der Waals surface area contributed by atoms with Crippen LogP contribution in [0.2, 0.25) is 0 Å². The van der Waals surface area contributed by atoms with Crippen molar-refractivity contribution in [2.75, 3.05) is 0 Å². The summed E-state index contributed by atoms with van der Waals surface area (Å²) in [5.41, 5.74) is 5.25. The molecular weight excluding hydrogens is 440 g/mol. The number of benzene rings is 2. The molecule has 7 nitrogen and oxygen atoms in total. The SMILES string of the molecule is CCCCC1(CCCC)NC(=O)N(NC(=O)C=Cc2c(-c3ccccc3)[nH]c3ccccc23)C1=O. The molecule has 3 N–H and O–H groups in total. The number of H-pyrrole nitrogens is 1. The normalized spacial score (nSPS) is 15.2. The van der Waals surface area contributed by atoms with Crippen LogP contribution in [0.4, 0.5) is 4.79 Å². The molecule has 2 heterocycles. The summed E-state index contributed by atoms with van der Waals surface area (Å²) < 4.78 is 0. The Hall–Kier alpha value is -3.87. The maximum absolute atomic E-state index is 13.2. The van der Waals surface area contributed by atoms with E-state index < -0.39 is 17.5 Å². The molecule has 3 aromatic rings. The van der Waals surface area contributed by atoms with Gasteiger partial charge in [0.1, 0.15) is 5.54 Å². The first-order valence-electron chi connectivity index (χ1n) is 12.3. The van der Waals surface area contributed by atoms with Crippen LogP contribution in [0.3, 0.4) is 0 Å². The number of carbonyl (C=O) groups is 3. The smallest absolute Gasteiger partial charge is 0.344 e. The largest absolute Gasteiger partial charge is 0.354 e. The lowest BCUT2D eigenvalue weighted by Gasteiger charge is -2.26. The number of amides is 4. The van der Waals surface area contributed by atoms with Crippen molar-refractivity contribution in [1.29, 1.82) is 0 Å². The summed E-state index contributed by atoms with van der Waals surface area (Å²) in [6, 6.07) is 17.2. The maximum atomic E-state index is 13.2. The van der Waals surface area contributed by atoms with Crippen LogP contribution in [-0.2, 0) is 9.59 Å². The van der Waals surface area contributed by atoms with Crippen LogP contribution in [0, 0.1) is 0 Å². The zero-order valence-electron chi connectivity index (χ0n) is 20.3. The third kappa shape index (κ3) is 4.99. The summed E-state index contributed by atoms with van der Waals surface area (Å²) in [5, 5.41) is 4.67. The summed E-state index contributed by atoms with van der Waals surface area (Å²) in [6.07, 6.45) is 7.68. The average Bonchev–Trinajstić information content (AvgIpc) is 3.36. The van der Waals surface area contributed by atoms with Crippen molar-refractivity contribution in [1.82, 2.24) is 20.7 Å². The molecule has 0 bridgehead atoms. The van der Waals surface area contributed by atoms with Gasteiger partial charge in [-0.15, -0.1) is 0 Å². The van der Waals surface area contributed by atoms with E-state index >= 15 is 0 Å². The van der Waals surface area contributed by atoms with E-state index in [0.717, 1.165) is 58.4 Å². The Morgan fingerprint density at radius 3 is 2.31 bits per heavy atom. The second kappa shape index (κ2) is 10.6. The lowest BCUT2D eigenvalue weighted by Crippen LogP contribution is -2.49. The van der Waals surface area contributed by atoms with Gasteiger partial charge >= 0.3 is 6.03 Å². The number of imide groups is 1. The van der Waals surface area contributed by atoms with Gasteiger partial charge in [0, 0.05) is 22.5 Å². The van der Waals surface area contributed by atoms with Crippen LogP contribution in [0.15, 0.2) is 60.7 Å². The van der Waals surface area contributed by atoms with Crippen molar-refractivity contribution in [2.45, 2.75) is 57.9 Å². The van der Waals surface area contributed by atoms with E-state index in [-0.39, 0.29) is 5.91 Å². The zero-order chi connectivity index (χ0) is 24.8. The van der Waals surface area contributed by atoms with E-state index in [9.17, 15) is 14.4 Å². The number of aromatic amines is 1. The Morgan fingerprint density at radius 2 is 1.63 bits per heavy atom. The Kier molecular flexibility index (Phi) is 7.34. The molecule has 0 radical (unpaired) electrons. The standard InChI is InChI=1S/C28H32N4O3/c1-3-5-18-28(19-6-4-2)26(34)32(27(35)30-28)31-24(33)17-16-22-21-14-10-11-15-23(21)29-25(22)20-12-8-7-9-13-20/h7-17,29H,3-6,18-19H2,1-2H3,(H,30,35)(H,31,33). The number of urea groups is 1. The van der Waals surface area contributed by atoms with E-state index in [1.54, 1.807) is 6.08 Å². The van der Waals surface area contributed by atoms with E-state index in [0.29, 0.717) is 12.8 Å². The topological polar surface area (TPSA) is 94.3 Å². The molecule has 182 valence electrons. The number of hydrogen-bond donors (Lipinski definition) is 3. The highest BCUT2D eigenvalue weighted by Crippen LogP contribution is 2.31. The minimum absolute atomic E-state index is 0.386. The van der Waals surface area contributed by atoms with E-state index in [4.69, 9.17) is 0 Å². The van der Waals surface area contributed by atoms with Crippen molar-refractivity contribution in [2.24, 2.45) is 0 Å². The van der Waals surface area contributed by atoms with Gasteiger partial charge in [-0.3, -0.25) is 15.0 Å². The first kappa shape index (κ1) is 24.3. The highest BCUT2D eigenvalue weighted by molar-refractivity contribution is 6.09. The molecule has 35 heavy (non-hydrogen) atoms. The molecule has 1 aliphatic rings. The molecular formula is C28H32N4O3. The molecule has 1 aliphatic heterocycles. The van der Waals surface area contributed by atoms with Crippen LogP contribution in [0.1, 0.15) is 57.9 Å². The van der Waals surface area contributed by atoms with Crippen LogP contribution in [0.25, 0.3) is 28.2 Å². The first-order valence-corrected chi connectivity index (χ1v) is 12.3. The molecule has 1 fully saturated rings. The summed E-state index contributed by atoms with van der Waals surface area (Å²) in [5.74, 6) is -0.928. The number of hydrogen-bond acceptors (Lipinski definition) is 3. The van der Waals surface area contributed by atoms with Crippen molar-refractivity contribution < 1.29 is 14.4 Å². The van der Waals surface area contributed by atoms with Gasteiger partial charge in [0.05, 0.1) is 5.69 Å². The van der Waals surface area contributed by atoms with Crippen molar-refractivity contribution in [3.05, 3.63) is 66.2 Å². The number of hydrazine groups is 1. The molecule has 4 amide bonds. The lowest BCUT2D eigenvalue weighted by molar-refractivity contribution is -0.138. The summed E-state index contributed by atoms with van der Waals surface area (Å²) >= 11 is 0. The van der Waals surface area contributed by atoms with Crippen molar-refractivity contribution in [3.8, 4) is 11.3 Å². The molecule has 0 saturated carbocycles. The summed E-state index contributed by atoms with van der Waals surface area (Å²) in [4.78, 5) is 42.1.